The van der Waals surface area contributed by atoms with Crippen LogP contribution >= 0.6 is 39.1 Å². The Morgan fingerprint density at radius 2 is 1.71 bits per heavy atom. The third kappa shape index (κ3) is 3.90. The Balaban J connectivity index is 1.88. The van der Waals surface area contributed by atoms with Crippen LogP contribution in [0.25, 0.3) is 0 Å². The Kier molecular flexibility index (Phi) is 5.08. The van der Waals surface area contributed by atoms with Crippen LogP contribution in [0.4, 0.5) is 28.7 Å². The first-order chi connectivity index (χ1) is 11.5. The first-order valence-corrected chi connectivity index (χ1v) is 8.43. The normalized spacial score (nSPS) is 10.5. The van der Waals surface area contributed by atoms with E-state index in [0.717, 1.165) is 10.2 Å². The fourth-order valence-electron chi connectivity index (χ4n) is 2.02. The number of anilines is 5. The maximum Gasteiger partial charge on any atom is 0.159 e. The molecule has 0 bridgehead atoms. The highest BCUT2D eigenvalue weighted by Gasteiger charge is 2.10. The van der Waals surface area contributed by atoms with Crippen LogP contribution in [0.15, 0.2) is 53.3 Å². The summed E-state index contributed by atoms with van der Waals surface area (Å²) in [5, 5.41) is 7.28. The van der Waals surface area contributed by atoms with Gasteiger partial charge in [-0.1, -0.05) is 45.2 Å². The molecule has 0 spiro atoms. The zero-order valence-corrected chi connectivity index (χ0v) is 15.3. The summed E-state index contributed by atoms with van der Waals surface area (Å²) in [6, 6.07) is 12.8. The fraction of sp³-hybridized carbons (Fsp3) is 0. The van der Waals surface area contributed by atoms with Crippen LogP contribution in [0.5, 0.6) is 0 Å². The molecule has 5 nitrogen and oxygen atoms in total. The maximum absolute atomic E-state index is 6.17. The van der Waals surface area contributed by atoms with Gasteiger partial charge >= 0.3 is 0 Å². The molecule has 0 atom stereocenters. The van der Waals surface area contributed by atoms with Crippen LogP contribution in [-0.4, -0.2) is 9.97 Å². The standard InChI is InChI=1S/C16H12BrCl2N5/c17-9-2-1-3-11(6-9)23-15-14(20)16(22-8-21-15)24-13-5-4-10(18)7-12(13)19/h1-8H,20H2,(H2,21,22,23,24). The first-order valence-electron chi connectivity index (χ1n) is 6.88. The average molecular weight is 425 g/mol. The zero-order chi connectivity index (χ0) is 17.1. The topological polar surface area (TPSA) is 75.9 Å². The molecule has 24 heavy (non-hydrogen) atoms. The van der Waals surface area contributed by atoms with Crippen molar-refractivity contribution in [3.8, 4) is 0 Å². The molecule has 3 aromatic rings. The van der Waals surface area contributed by atoms with Crippen LogP contribution in [0.2, 0.25) is 10.0 Å². The van der Waals surface area contributed by atoms with Crippen molar-refractivity contribution in [3.05, 3.63) is 63.3 Å². The molecule has 4 N–H and O–H groups in total. The summed E-state index contributed by atoms with van der Waals surface area (Å²) in [5.74, 6) is 0.947. The minimum Gasteiger partial charge on any atom is -0.393 e. The van der Waals surface area contributed by atoms with E-state index in [1.165, 1.54) is 6.33 Å². The third-order valence-electron chi connectivity index (χ3n) is 3.16. The monoisotopic (exact) mass is 423 g/mol. The lowest BCUT2D eigenvalue weighted by Gasteiger charge is -2.13. The first kappa shape index (κ1) is 16.8. The highest BCUT2D eigenvalue weighted by Crippen LogP contribution is 2.32. The molecule has 8 heteroatoms. The van der Waals surface area contributed by atoms with Gasteiger partial charge in [-0.3, -0.25) is 0 Å². The molecule has 0 aliphatic heterocycles. The number of nitrogens with zero attached hydrogens (tertiary/aromatic N) is 2. The van der Waals surface area contributed by atoms with E-state index in [1.54, 1.807) is 18.2 Å². The second-order valence-electron chi connectivity index (χ2n) is 4.87. The molecule has 0 saturated heterocycles. The number of nitrogens with two attached hydrogens (primary N) is 1. The van der Waals surface area contributed by atoms with Crippen LogP contribution in [0.1, 0.15) is 0 Å². The van der Waals surface area contributed by atoms with Crippen LogP contribution in [-0.2, 0) is 0 Å². The fourth-order valence-corrected chi connectivity index (χ4v) is 2.87. The molecule has 1 heterocycles. The Morgan fingerprint density at radius 3 is 2.42 bits per heavy atom. The number of nitrogens with one attached hydrogen (secondary N) is 2. The SMILES string of the molecule is Nc1c(Nc2cccc(Br)c2)ncnc1Nc1ccc(Cl)cc1Cl. The molecule has 0 amide bonds. The van der Waals surface area contributed by atoms with Crippen molar-refractivity contribution in [3.63, 3.8) is 0 Å². The molecule has 2 aromatic carbocycles. The molecule has 1 aromatic heterocycles. The predicted octanol–water partition coefficient (Wildman–Crippen LogP) is 5.62. The van der Waals surface area contributed by atoms with Gasteiger partial charge in [0.05, 0.1) is 10.7 Å². The number of benzene rings is 2. The summed E-state index contributed by atoms with van der Waals surface area (Å²) in [6.45, 7) is 0. The van der Waals surface area contributed by atoms with Gasteiger partial charge < -0.3 is 16.4 Å². The summed E-state index contributed by atoms with van der Waals surface area (Å²) < 4.78 is 0.950. The smallest absolute Gasteiger partial charge is 0.159 e. The lowest BCUT2D eigenvalue weighted by atomic mass is 10.3. The van der Waals surface area contributed by atoms with E-state index < -0.39 is 0 Å². The van der Waals surface area contributed by atoms with Gasteiger partial charge in [-0.15, -0.1) is 0 Å². The van der Waals surface area contributed by atoms with Crippen molar-refractivity contribution < 1.29 is 0 Å². The molecular formula is C16H12BrCl2N5. The van der Waals surface area contributed by atoms with Gasteiger partial charge in [-0.2, -0.15) is 0 Å². The molecule has 122 valence electrons. The number of hydrogen-bond donors (Lipinski definition) is 3. The van der Waals surface area contributed by atoms with Crippen molar-refractivity contribution in [1.29, 1.82) is 0 Å². The largest absolute Gasteiger partial charge is 0.393 e. The zero-order valence-electron chi connectivity index (χ0n) is 12.2. The van der Waals surface area contributed by atoms with E-state index in [4.69, 9.17) is 28.9 Å². The molecule has 0 radical (unpaired) electrons. The number of aromatic nitrogens is 2. The summed E-state index contributed by atoms with van der Waals surface area (Å²) in [6.07, 6.45) is 1.42. The Bertz CT molecular complexity index is 888. The van der Waals surface area contributed by atoms with Crippen molar-refractivity contribution in [1.82, 2.24) is 9.97 Å². The van der Waals surface area contributed by atoms with E-state index in [-0.39, 0.29) is 0 Å². The second-order valence-corrected chi connectivity index (χ2v) is 6.63. The van der Waals surface area contributed by atoms with Gasteiger partial charge in [-0.25, -0.2) is 9.97 Å². The molecule has 0 fully saturated rings. The van der Waals surface area contributed by atoms with Gasteiger partial charge in [0, 0.05) is 15.2 Å². The number of halogens is 3. The molecule has 0 aliphatic carbocycles. The van der Waals surface area contributed by atoms with Gasteiger partial charge in [-0.05, 0) is 36.4 Å². The van der Waals surface area contributed by atoms with E-state index in [9.17, 15) is 0 Å². The van der Waals surface area contributed by atoms with Gasteiger partial charge in [0.15, 0.2) is 11.6 Å². The quantitative estimate of drug-likeness (QED) is 0.507. The minimum absolute atomic E-state index is 0.378. The number of nitrogen functional groups attached to an aromatic ring is 1. The Hall–Kier alpha value is -2.02. The Morgan fingerprint density at radius 1 is 0.958 bits per heavy atom. The van der Waals surface area contributed by atoms with E-state index in [2.05, 4.69) is 36.5 Å². The lowest BCUT2D eigenvalue weighted by Crippen LogP contribution is -2.05. The summed E-state index contributed by atoms with van der Waals surface area (Å²) >= 11 is 15.5. The van der Waals surface area contributed by atoms with E-state index in [1.807, 2.05) is 24.3 Å². The molecular weight excluding hydrogens is 413 g/mol. The lowest BCUT2D eigenvalue weighted by molar-refractivity contribution is 1.17. The van der Waals surface area contributed by atoms with Crippen LogP contribution in [0, 0.1) is 0 Å². The molecule has 0 unspecified atom stereocenters. The van der Waals surface area contributed by atoms with Crippen molar-refractivity contribution >= 4 is 67.8 Å². The molecule has 0 saturated carbocycles. The average Bonchev–Trinajstić information content (AvgIpc) is 2.54. The third-order valence-corrected chi connectivity index (χ3v) is 4.20. The van der Waals surface area contributed by atoms with Gasteiger partial charge in [0.1, 0.15) is 12.0 Å². The van der Waals surface area contributed by atoms with E-state index >= 15 is 0 Å². The van der Waals surface area contributed by atoms with Gasteiger partial charge in [0.2, 0.25) is 0 Å². The summed E-state index contributed by atoms with van der Waals surface area (Å²) in [7, 11) is 0. The number of hydrogen-bond acceptors (Lipinski definition) is 5. The molecule has 0 aliphatic rings. The van der Waals surface area contributed by atoms with Crippen molar-refractivity contribution in [2.75, 3.05) is 16.4 Å². The van der Waals surface area contributed by atoms with Crippen molar-refractivity contribution in [2.45, 2.75) is 0 Å². The summed E-state index contributed by atoms with van der Waals surface area (Å²) in [4.78, 5) is 8.35. The Labute approximate surface area is 157 Å². The predicted molar refractivity (Wildman–Crippen MR) is 104 cm³/mol. The van der Waals surface area contributed by atoms with Gasteiger partial charge in [0.25, 0.3) is 0 Å². The highest BCUT2D eigenvalue weighted by atomic mass is 79.9. The van der Waals surface area contributed by atoms with Crippen LogP contribution < -0.4 is 16.4 Å². The van der Waals surface area contributed by atoms with Crippen molar-refractivity contribution in [2.24, 2.45) is 0 Å². The van der Waals surface area contributed by atoms with E-state index in [0.29, 0.717) is 33.1 Å². The second kappa shape index (κ2) is 7.25. The summed E-state index contributed by atoms with van der Waals surface area (Å²) in [5.41, 5.74) is 8.05. The molecule has 3 rings (SSSR count). The highest BCUT2D eigenvalue weighted by molar-refractivity contribution is 9.10. The maximum atomic E-state index is 6.17. The van der Waals surface area contributed by atoms with Crippen LogP contribution in [0.3, 0.4) is 0 Å². The minimum atomic E-state index is 0.378. The number of rotatable bonds is 4.